The van der Waals surface area contributed by atoms with Crippen LogP contribution in [-0.4, -0.2) is 31.4 Å². The summed E-state index contributed by atoms with van der Waals surface area (Å²) in [5.74, 6) is -0.222. The second kappa shape index (κ2) is 9.03. The molecule has 7 nitrogen and oxygen atoms in total. The Morgan fingerprint density at radius 2 is 1.69 bits per heavy atom. The van der Waals surface area contributed by atoms with E-state index in [4.69, 9.17) is 15.9 Å². The van der Waals surface area contributed by atoms with Gasteiger partial charge in [-0.1, -0.05) is 24.3 Å². The largest absolute Gasteiger partial charge is 0.482 e. The average molecular weight is 353 g/mol. The van der Waals surface area contributed by atoms with Crippen LogP contribution in [0.15, 0.2) is 54.7 Å². The number of rotatable bonds is 7. The van der Waals surface area contributed by atoms with Crippen molar-refractivity contribution in [2.24, 2.45) is 5.73 Å². The Hall–Kier alpha value is -3.61. The highest BCUT2D eigenvalue weighted by Crippen LogP contribution is 2.13. The zero-order valence-electron chi connectivity index (χ0n) is 14.2. The van der Waals surface area contributed by atoms with Crippen LogP contribution in [-0.2, 0) is 9.53 Å². The third-order valence-corrected chi connectivity index (χ3v) is 3.41. The van der Waals surface area contributed by atoms with Crippen LogP contribution in [0.25, 0.3) is 6.08 Å². The van der Waals surface area contributed by atoms with E-state index in [0.29, 0.717) is 16.9 Å². The Kier molecular flexibility index (Phi) is 6.50. The second-order valence-electron chi connectivity index (χ2n) is 5.23. The highest BCUT2D eigenvalue weighted by Gasteiger charge is 2.04. The van der Waals surface area contributed by atoms with Crippen LogP contribution < -0.4 is 15.8 Å². The summed E-state index contributed by atoms with van der Waals surface area (Å²) < 4.78 is 9.74. The molecule has 2 rings (SSSR count). The first-order valence-corrected chi connectivity index (χ1v) is 7.71. The number of nitrogen functional groups attached to an aromatic ring is 1. The summed E-state index contributed by atoms with van der Waals surface area (Å²) >= 11 is 0. The van der Waals surface area contributed by atoms with E-state index in [9.17, 15) is 9.59 Å². The maximum absolute atomic E-state index is 12.0. The van der Waals surface area contributed by atoms with E-state index < -0.39 is 5.97 Å². The van der Waals surface area contributed by atoms with Crippen LogP contribution in [0.2, 0.25) is 0 Å². The van der Waals surface area contributed by atoms with Crippen LogP contribution in [0.3, 0.4) is 0 Å². The number of nitrogens with two attached hydrogens (primary N) is 1. The standard InChI is InChI=1S/C19H19N3O4/c1-25-17(23)12-26-16-8-2-13(3-9-16)10-11-22-19(24)15-6-4-14(5-7-15)18(20)21/h2-11H,12H2,1H3,(H3,20,21)(H,22,24). The van der Waals surface area contributed by atoms with Gasteiger partial charge < -0.3 is 20.5 Å². The van der Waals surface area contributed by atoms with E-state index in [1.807, 2.05) is 0 Å². The number of ether oxygens (including phenoxy) is 2. The summed E-state index contributed by atoms with van der Waals surface area (Å²) in [6.45, 7) is -0.149. The molecule has 0 unspecified atom stereocenters. The number of carbonyl (C=O) groups excluding carboxylic acids is 2. The molecule has 0 atom stereocenters. The van der Waals surface area contributed by atoms with Gasteiger partial charge in [0.2, 0.25) is 0 Å². The lowest BCUT2D eigenvalue weighted by molar-refractivity contribution is -0.142. The van der Waals surface area contributed by atoms with Gasteiger partial charge in [0.15, 0.2) is 6.61 Å². The highest BCUT2D eigenvalue weighted by atomic mass is 16.6. The third-order valence-electron chi connectivity index (χ3n) is 3.41. The number of hydrogen-bond donors (Lipinski definition) is 3. The van der Waals surface area contributed by atoms with Crippen molar-refractivity contribution in [3.63, 3.8) is 0 Å². The fraction of sp³-hybridized carbons (Fsp3) is 0.105. The van der Waals surface area contributed by atoms with Gasteiger partial charge in [-0.15, -0.1) is 0 Å². The summed E-state index contributed by atoms with van der Waals surface area (Å²) in [5, 5.41) is 9.99. The molecule has 2 aromatic carbocycles. The Bertz CT molecular complexity index is 812. The molecular formula is C19H19N3O4. The number of amides is 1. The fourth-order valence-electron chi connectivity index (χ4n) is 1.97. The summed E-state index contributed by atoms with van der Waals surface area (Å²) in [7, 11) is 1.30. The Labute approximate surface area is 150 Å². The Morgan fingerprint density at radius 3 is 2.27 bits per heavy atom. The van der Waals surface area contributed by atoms with Gasteiger partial charge in [0.05, 0.1) is 7.11 Å². The van der Waals surface area contributed by atoms with Crippen LogP contribution >= 0.6 is 0 Å². The normalized spacial score (nSPS) is 10.3. The van der Waals surface area contributed by atoms with Crippen LogP contribution in [0.4, 0.5) is 0 Å². The molecule has 0 aliphatic rings. The van der Waals surface area contributed by atoms with Crippen LogP contribution in [0.1, 0.15) is 21.5 Å². The first-order chi connectivity index (χ1) is 12.5. The molecule has 0 fully saturated rings. The van der Waals surface area contributed by atoms with Gasteiger partial charge in [-0.25, -0.2) is 4.79 Å². The van der Waals surface area contributed by atoms with E-state index in [2.05, 4.69) is 10.1 Å². The van der Waals surface area contributed by atoms with Crippen molar-refractivity contribution in [3.05, 3.63) is 71.4 Å². The molecule has 0 aliphatic carbocycles. The molecule has 0 saturated heterocycles. The monoisotopic (exact) mass is 353 g/mol. The Morgan fingerprint density at radius 1 is 1.08 bits per heavy atom. The van der Waals surface area contributed by atoms with Crippen molar-refractivity contribution >= 4 is 23.8 Å². The summed E-state index contributed by atoms with van der Waals surface area (Å²) in [4.78, 5) is 23.0. The first-order valence-electron chi connectivity index (χ1n) is 7.71. The van der Waals surface area contributed by atoms with Gasteiger partial charge in [-0.05, 0) is 35.9 Å². The lowest BCUT2D eigenvalue weighted by atomic mass is 10.1. The van der Waals surface area contributed by atoms with Crippen molar-refractivity contribution in [1.82, 2.24) is 5.32 Å². The van der Waals surface area contributed by atoms with Gasteiger partial charge in [-0.3, -0.25) is 10.2 Å². The molecule has 0 saturated carbocycles. The third kappa shape index (κ3) is 5.48. The van der Waals surface area contributed by atoms with Gasteiger partial charge in [0.1, 0.15) is 11.6 Å². The number of esters is 1. The topological polar surface area (TPSA) is 114 Å². The highest BCUT2D eigenvalue weighted by molar-refractivity contribution is 5.98. The quantitative estimate of drug-likeness (QED) is 0.400. The van der Waals surface area contributed by atoms with Crippen molar-refractivity contribution < 1.29 is 19.1 Å². The predicted octanol–water partition coefficient (Wildman–Crippen LogP) is 1.92. The van der Waals surface area contributed by atoms with Gasteiger partial charge in [0.25, 0.3) is 5.91 Å². The molecule has 26 heavy (non-hydrogen) atoms. The predicted molar refractivity (Wildman–Crippen MR) is 97.9 cm³/mol. The number of amidine groups is 1. The van der Waals surface area contributed by atoms with Crippen molar-refractivity contribution in [1.29, 1.82) is 5.41 Å². The molecule has 0 aromatic heterocycles. The molecule has 0 aliphatic heterocycles. The molecule has 4 N–H and O–H groups in total. The molecule has 2 aromatic rings. The number of nitrogens with one attached hydrogen (secondary N) is 2. The molecular weight excluding hydrogens is 334 g/mol. The molecule has 0 radical (unpaired) electrons. The average Bonchev–Trinajstić information content (AvgIpc) is 2.67. The number of hydrogen-bond acceptors (Lipinski definition) is 5. The van der Waals surface area contributed by atoms with Gasteiger partial charge >= 0.3 is 5.97 Å². The minimum atomic E-state index is -0.451. The van der Waals surface area contributed by atoms with Crippen molar-refractivity contribution in [2.45, 2.75) is 0 Å². The SMILES string of the molecule is COC(=O)COc1ccc(C=CNC(=O)c2ccc(C(=N)N)cc2)cc1. The second-order valence-corrected chi connectivity index (χ2v) is 5.23. The molecule has 134 valence electrons. The summed E-state index contributed by atoms with van der Waals surface area (Å²) in [6, 6.07) is 13.5. The molecule has 1 amide bonds. The summed E-state index contributed by atoms with van der Waals surface area (Å²) in [6.07, 6.45) is 3.26. The van der Waals surface area contributed by atoms with E-state index in [-0.39, 0.29) is 18.3 Å². The number of carbonyl (C=O) groups is 2. The maximum atomic E-state index is 12.0. The zero-order chi connectivity index (χ0) is 18.9. The van der Waals surface area contributed by atoms with E-state index in [1.165, 1.54) is 13.3 Å². The maximum Gasteiger partial charge on any atom is 0.343 e. The number of benzene rings is 2. The van der Waals surface area contributed by atoms with Gasteiger partial charge in [0, 0.05) is 17.3 Å². The minimum Gasteiger partial charge on any atom is -0.482 e. The van der Waals surface area contributed by atoms with E-state index >= 15 is 0 Å². The van der Waals surface area contributed by atoms with Crippen LogP contribution in [0.5, 0.6) is 5.75 Å². The van der Waals surface area contributed by atoms with E-state index in [1.54, 1.807) is 54.6 Å². The molecule has 0 bridgehead atoms. The molecule has 0 spiro atoms. The molecule has 0 heterocycles. The zero-order valence-corrected chi connectivity index (χ0v) is 14.2. The van der Waals surface area contributed by atoms with Crippen molar-refractivity contribution in [2.75, 3.05) is 13.7 Å². The molecule has 7 heteroatoms. The van der Waals surface area contributed by atoms with Gasteiger partial charge in [-0.2, -0.15) is 0 Å². The fourth-order valence-corrected chi connectivity index (χ4v) is 1.97. The lowest BCUT2D eigenvalue weighted by Crippen LogP contribution is -2.17. The smallest absolute Gasteiger partial charge is 0.343 e. The Balaban J connectivity index is 1.88. The lowest BCUT2D eigenvalue weighted by Gasteiger charge is -2.05. The first kappa shape index (κ1) is 18.7. The van der Waals surface area contributed by atoms with Crippen molar-refractivity contribution in [3.8, 4) is 5.75 Å². The minimum absolute atomic E-state index is 0.0455. The van der Waals surface area contributed by atoms with E-state index in [0.717, 1.165) is 5.56 Å². The summed E-state index contributed by atoms with van der Waals surface area (Å²) in [5.41, 5.74) is 7.25. The van der Waals surface area contributed by atoms with Crippen LogP contribution in [0, 0.1) is 5.41 Å². The number of methoxy groups -OCH3 is 1.